The number of hydrogen-bond acceptors (Lipinski definition) is 5. The third kappa shape index (κ3) is 3.01. The number of halogens is 1. The van der Waals surface area contributed by atoms with E-state index in [2.05, 4.69) is 20.9 Å². The first kappa shape index (κ1) is 18.7. The molecular weight excluding hydrogens is 381 g/mol. The average molecular weight is 403 g/mol. The molecule has 0 aliphatic carbocycles. The number of pyridine rings is 3. The second-order valence-corrected chi connectivity index (χ2v) is 8.11. The number of nitrogens with zero attached hydrogens (tertiary/aromatic N) is 5. The minimum atomic E-state index is -0.476. The van der Waals surface area contributed by atoms with Crippen molar-refractivity contribution in [3.05, 3.63) is 70.2 Å². The molecule has 5 heterocycles. The van der Waals surface area contributed by atoms with Crippen LogP contribution in [-0.2, 0) is 19.5 Å². The molecule has 3 aromatic rings. The van der Waals surface area contributed by atoms with E-state index in [4.69, 9.17) is 4.98 Å². The molecular formula is C23H22FN5O. The maximum atomic E-state index is 13.4. The Morgan fingerprint density at radius 1 is 0.967 bits per heavy atom. The first-order valence-electron chi connectivity index (χ1n) is 10.0. The summed E-state index contributed by atoms with van der Waals surface area (Å²) in [7, 11) is 1.80. The van der Waals surface area contributed by atoms with Gasteiger partial charge in [0.2, 0.25) is 5.95 Å². The van der Waals surface area contributed by atoms with E-state index in [0.29, 0.717) is 18.7 Å². The zero-order valence-corrected chi connectivity index (χ0v) is 17.2. The molecule has 152 valence electrons. The zero-order valence-electron chi connectivity index (χ0n) is 17.2. The van der Waals surface area contributed by atoms with E-state index in [1.54, 1.807) is 18.1 Å². The van der Waals surface area contributed by atoms with Gasteiger partial charge in [-0.2, -0.15) is 4.39 Å². The predicted octanol–water partition coefficient (Wildman–Crippen LogP) is 3.44. The minimum absolute atomic E-state index is 0.0354. The van der Waals surface area contributed by atoms with Crippen LogP contribution < -0.4 is 4.90 Å². The largest absolute Gasteiger partial charge is 0.352 e. The van der Waals surface area contributed by atoms with Crippen LogP contribution in [0.5, 0.6) is 0 Å². The SMILES string of the molecule is Cc1cc(F)ncc1-c1cnc2c(c1)CN(c1nc3c(cc1C)C(=O)N(C)C3)CC2. The molecule has 0 saturated carbocycles. The molecule has 7 heteroatoms. The fourth-order valence-electron chi connectivity index (χ4n) is 4.35. The molecule has 0 saturated heterocycles. The molecule has 0 aromatic carbocycles. The fraction of sp³-hybridized carbons (Fsp3) is 0.304. The van der Waals surface area contributed by atoms with Crippen LogP contribution in [-0.4, -0.2) is 39.4 Å². The van der Waals surface area contributed by atoms with E-state index in [-0.39, 0.29) is 5.91 Å². The van der Waals surface area contributed by atoms with Gasteiger partial charge in [-0.15, -0.1) is 0 Å². The van der Waals surface area contributed by atoms with Gasteiger partial charge in [-0.05, 0) is 48.7 Å². The second kappa shape index (κ2) is 6.86. The van der Waals surface area contributed by atoms with Gasteiger partial charge in [0.05, 0.1) is 17.8 Å². The summed E-state index contributed by atoms with van der Waals surface area (Å²) < 4.78 is 13.4. The maximum Gasteiger partial charge on any atom is 0.255 e. The topological polar surface area (TPSA) is 62.2 Å². The second-order valence-electron chi connectivity index (χ2n) is 8.11. The lowest BCUT2D eigenvalue weighted by Crippen LogP contribution is -2.32. The monoisotopic (exact) mass is 403 g/mol. The summed E-state index contributed by atoms with van der Waals surface area (Å²) in [6, 6.07) is 5.52. The normalized spacial score (nSPS) is 15.4. The van der Waals surface area contributed by atoms with Crippen LogP contribution in [0.4, 0.5) is 10.2 Å². The van der Waals surface area contributed by atoms with Gasteiger partial charge in [0, 0.05) is 55.8 Å². The summed E-state index contributed by atoms with van der Waals surface area (Å²) >= 11 is 0. The number of aryl methyl sites for hydroxylation is 2. The lowest BCUT2D eigenvalue weighted by atomic mass is 9.98. The molecule has 6 nitrogen and oxygen atoms in total. The first-order chi connectivity index (χ1) is 14.4. The number of carbonyl (C=O) groups excluding carboxylic acids is 1. The molecule has 0 bridgehead atoms. The third-order valence-electron chi connectivity index (χ3n) is 5.96. The highest BCUT2D eigenvalue weighted by Gasteiger charge is 2.29. The number of fused-ring (bicyclic) bond motifs is 2. The Kier molecular flexibility index (Phi) is 4.27. The van der Waals surface area contributed by atoms with Crippen molar-refractivity contribution in [1.29, 1.82) is 0 Å². The number of aromatic nitrogens is 3. The molecule has 0 atom stereocenters. The highest BCUT2D eigenvalue weighted by Crippen LogP contribution is 2.31. The van der Waals surface area contributed by atoms with E-state index < -0.39 is 5.95 Å². The van der Waals surface area contributed by atoms with E-state index in [9.17, 15) is 9.18 Å². The lowest BCUT2D eigenvalue weighted by molar-refractivity contribution is 0.0816. The number of rotatable bonds is 2. The number of hydrogen-bond donors (Lipinski definition) is 0. The molecule has 1 amide bonds. The van der Waals surface area contributed by atoms with Gasteiger partial charge in [-0.1, -0.05) is 0 Å². The summed E-state index contributed by atoms with van der Waals surface area (Å²) in [5, 5.41) is 0. The van der Waals surface area contributed by atoms with Gasteiger partial charge in [0.15, 0.2) is 0 Å². The Labute approximate surface area is 174 Å². The first-order valence-corrected chi connectivity index (χ1v) is 10.0. The average Bonchev–Trinajstić information content (AvgIpc) is 3.00. The highest BCUT2D eigenvalue weighted by molar-refractivity contribution is 5.98. The summed E-state index contributed by atoms with van der Waals surface area (Å²) in [5.41, 5.74) is 7.43. The van der Waals surface area contributed by atoms with E-state index in [0.717, 1.165) is 58.0 Å². The number of amides is 1. The van der Waals surface area contributed by atoms with Gasteiger partial charge in [-0.25, -0.2) is 9.97 Å². The standard InChI is InChI=1S/C23H22FN5O/c1-13-7-21(24)26-10-18(13)15-8-16-11-29(5-4-19(16)25-9-15)22-14(2)6-17-20(27-22)12-28(3)23(17)30/h6-10H,4-5,11-12H2,1-3H3. The summed E-state index contributed by atoms with van der Waals surface area (Å²) in [6.45, 7) is 5.95. The summed E-state index contributed by atoms with van der Waals surface area (Å²) in [5.74, 6) is 0.483. The van der Waals surface area contributed by atoms with Crippen molar-refractivity contribution in [3.63, 3.8) is 0 Å². The molecule has 5 rings (SSSR count). The minimum Gasteiger partial charge on any atom is -0.352 e. The van der Waals surface area contributed by atoms with Crippen molar-refractivity contribution in [2.45, 2.75) is 33.4 Å². The number of anilines is 1. The molecule has 2 aliphatic heterocycles. The Hall–Kier alpha value is -3.35. The van der Waals surface area contributed by atoms with Crippen LogP contribution in [0.2, 0.25) is 0 Å². The van der Waals surface area contributed by atoms with Crippen LogP contribution in [0.1, 0.15) is 38.4 Å². The molecule has 0 fully saturated rings. The van der Waals surface area contributed by atoms with Gasteiger partial charge in [0.25, 0.3) is 5.91 Å². The Morgan fingerprint density at radius 3 is 2.60 bits per heavy atom. The van der Waals surface area contributed by atoms with Crippen LogP contribution in [0.25, 0.3) is 11.1 Å². The summed E-state index contributed by atoms with van der Waals surface area (Å²) in [6.07, 6.45) is 4.23. The van der Waals surface area contributed by atoms with E-state index >= 15 is 0 Å². The van der Waals surface area contributed by atoms with Crippen molar-refractivity contribution in [2.75, 3.05) is 18.5 Å². The highest BCUT2D eigenvalue weighted by atomic mass is 19.1. The Bertz CT molecular complexity index is 1190. The van der Waals surface area contributed by atoms with Crippen molar-refractivity contribution in [1.82, 2.24) is 19.9 Å². The van der Waals surface area contributed by atoms with Crippen LogP contribution in [0, 0.1) is 19.8 Å². The third-order valence-corrected chi connectivity index (χ3v) is 5.96. The van der Waals surface area contributed by atoms with Crippen LogP contribution in [0.15, 0.2) is 30.6 Å². The van der Waals surface area contributed by atoms with Gasteiger partial charge >= 0.3 is 0 Å². The molecule has 0 unspecified atom stereocenters. The van der Waals surface area contributed by atoms with Gasteiger partial charge < -0.3 is 9.80 Å². The van der Waals surface area contributed by atoms with E-state index in [1.807, 2.05) is 26.1 Å². The maximum absolute atomic E-state index is 13.4. The fourth-order valence-corrected chi connectivity index (χ4v) is 4.35. The predicted molar refractivity (Wildman–Crippen MR) is 112 cm³/mol. The van der Waals surface area contributed by atoms with Crippen LogP contribution >= 0.6 is 0 Å². The van der Waals surface area contributed by atoms with Crippen molar-refractivity contribution >= 4 is 11.7 Å². The molecule has 0 radical (unpaired) electrons. The molecule has 3 aromatic heterocycles. The molecule has 0 spiro atoms. The van der Waals surface area contributed by atoms with Crippen molar-refractivity contribution < 1.29 is 9.18 Å². The Morgan fingerprint density at radius 2 is 1.80 bits per heavy atom. The lowest BCUT2D eigenvalue weighted by Gasteiger charge is -2.31. The van der Waals surface area contributed by atoms with Gasteiger partial charge in [0.1, 0.15) is 5.82 Å². The van der Waals surface area contributed by atoms with Gasteiger partial charge in [-0.3, -0.25) is 9.78 Å². The molecule has 30 heavy (non-hydrogen) atoms. The zero-order chi connectivity index (χ0) is 21.0. The summed E-state index contributed by atoms with van der Waals surface area (Å²) in [4.78, 5) is 29.5. The van der Waals surface area contributed by atoms with Crippen molar-refractivity contribution in [2.24, 2.45) is 0 Å². The van der Waals surface area contributed by atoms with Crippen molar-refractivity contribution in [3.8, 4) is 11.1 Å². The number of carbonyl (C=O) groups is 1. The smallest absolute Gasteiger partial charge is 0.255 e. The van der Waals surface area contributed by atoms with Crippen LogP contribution in [0.3, 0.4) is 0 Å². The quantitative estimate of drug-likeness (QED) is 0.614. The molecule has 0 N–H and O–H groups in total. The Balaban J connectivity index is 1.48. The van der Waals surface area contributed by atoms with E-state index in [1.165, 1.54) is 6.07 Å². The molecule has 2 aliphatic rings.